The van der Waals surface area contributed by atoms with Crippen LogP contribution in [0.15, 0.2) is 43.0 Å². The van der Waals surface area contributed by atoms with Crippen molar-refractivity contribution in [3.05, 3.63) is 48.6 Å². The molecule has 0 aliphatic heterocycles. The normalized spacial score (nSPS) is 29.0. The van der Waals surface area contributed by atoms with E-state index in [1.54, 1.807) is 0 Å². The Morgan fingerprint density at radius 3 is 2.33 bits per heavy atom. The fraction of sp³-hybridized carbons (Fsp3) is 0.600. The molecule has 2 unspecified atom stereocenters. The Morgan fingerprint density at radius 1 is 1.08 bits per heavy atom. The van der Waals surface area contributed by atoms with Crippen molar-refractivity contribution in [3.63, 3.8) is 0 Å². The summed E-state index contributed by atoms with van der Waals surface area (Å²) in [5.41, 5.74) is -0.419. The first-order valence-electron chi connectivity index (χ1n) is 14.0. The monoisotopic (exact) mass is 540 g/mol. The second-order valence-corrected chi connectivity index (χ2v) is 11.5. The highest BCUT2D eigenvalue weighted by atomic mass is 16.6. The van der Waals surface area contributed by atoms with Crippen molar-refractivity contribution < 1.29 is 33.8 Å². The van der Waals surface area contributed by atoms with Crippen molar-refractivity contribution in [2.24, 2.45) is 23.7 Å². The molecule has 2 amide bonds. The fourth-order valence-corrected chi connectivity index (χ4v) is 5.96. The van der Waals surface area contributed by atoms with Gasteiger partial charge in [0.15, 0.2) is 5.78 Å². The zero-order chi connectivity index (χ0) is 28.2. The van der Waals surface area contributed by atoms with Gasteiger partial charge in [-0.25, -0.2) is 9.59 Å². The van der Waals surface area contributed by atoms with E-state index in [0.29, 0.717) is 13.0 Å². The molecule has 0 aromatic heterocycles. The average Bonchev–Trinajstić information content (AvgIpc) is 3.20. The first-order chi connectivity index (χ1) is 18.6. The van der Waals surface area contributed by atoms with Crippen molar-refractivity contribution in [3.8, 4) is 0 Å². The molecule has 0 bridgehead atoms. The van der Waals surface area contributed by atoms with Crippen LogP contribution < -0.4 is 10.6 Å². The SMILES string of the molecule is C=CC1C[C@]1(NC(=O)[C@@H]1C[C@@H](OCc2ccccc2)CC1C(=O)[C@@H](NC(=O)OC1CCCC1)C(C)C)C(=O)O. The van der Waals surface area contributed by atoms with Crippen molar-refractivity contribution in [1.29, 1.82) is 0 Å². The van der Waals surface area contributed by atoms with E-state index in [-0.39, 0.29) is 42.7 Å². The summed E-state index contributed by atoms with van der Waals surface area (Å²) >= 11 is 0. The van der Waals surface area contributed by atoms with Crippen LogP contribution in [0, 0.1) is 23.7 Å². The molecule has 0 saturated heterocycles. The molecule has 3 saturated carbocycles. The van der Waals surface area contributed by atoms with Crippen LogP contribution >= 0.6 is 0 Å². The summed E-state index contributed by atoms with van der Waals surface area (Å²) in [5.74, 6) is -3.99. The van der Waals surface area contributed by atoms with Crippen LogP contribution in [-0.2, 0) is 30.5 Å². The number of ether oxygens (including phenoxy) is 2. The van der Waals surface area contributed by atoms with E-state index in [0.717, 1.165) is 31.2 Å². The largest absolute Gasteiger partial charge is 0.479 e. The summed E-state index contributed by atoms with van der Waals surface area (Å²) in [6, 6.07) is 8.78. The van der Waals surface area contributed by atoms with Crippen molar-refractivity contribution in [2.75, 3.05) is 0 Å². The lowest BCUT2D eigenvalue weighted by molar-refractivity contribution is -0.144. The summed E-state index contributed by atoms with van der Waals surface area (Å²) < 4.78 is 11.7. The molecule has 9 nitrogen and oxygen atoms in total. The minimum atomic E-state index is -1.39. The maximum Gasteiger partial charge on any atom is 0.408 e. The number of aliphatic carboxylic acids is 1. The molecule has 3 N–H and O–H groups in total. The van der Waals surface area contributed by atoms with Crippen LogP contribution in [0.5, 0.6) is 0 Å². The molecule has 39 heavy (non-hydrogen) atoms. The van der Waals surface area contributed by atoms with E-state index in [1.165, 1.54) is 6.08 Å². The first-order valence-corrected chi connectivity index (χ1v) is 14.0. The number of carboxylic acid groups (broad SMARTS) is 1. The maximum absolute atomic E-state index is 13.9. The van der Waals surface area contributed by atoms with Gasteiger partial charge in [0.05, 0.1) is 24.7 Å². The van der Waals surface area contributed by atoms with E-state index in [4.69, 9.17) is 9.47 Å². The van der Waals surface area contributed by atoms with Gasteiger partial charge < -0.3 is 25.2 Å². The molecule has 9 heteroatoms. The number of carbonyl (C=O) groups is 4. The lowest BCUT2D eigenvalue weighted by Crippen LogP contribution is -2.51. The van der Waals surface area contributed by atoms with Crippen molar-refractivity contribution in [2.45, 2.75) is 89.2 Å². The van der Waals surface area contributed by atoms with Crippen LogP contribution in [-0.4, -0.2) is 52.6 Å². The van der Waals surface area contributed by atoms with Crippen molar-refractivity contribution in [1.82, 2.24) is 10.6 Å². The number of amides is 2. The van der Waals surface area contributed by atoms with Gasteiger partial charge in [0.1, 0.15) is 11.6 Å². The van der Waals surface area contributed by atoms with Crippen molar-refractivity contribution >= 4 is 23.8 Å². The minimum Gasteiger partial charge on any atom is -0.479 e. The van der Waals surface area contributed by atoms with Crippen LogP contribution in [0.1, 0.15) is 64.4 Å². The first kappa shape index (κ1) is 28.8. The number of hydrogen-bond acceptors (Lipinski definition) is 6. The summed E-state index contributed by atoms with van der Waals surface area (Å²) in [6.07, 6.45) is 4.90. The number of hydrogen-bond donors (Lipinski definition) is 3. The predicted molar refractivity (Wildman–Crippen MR) is 144 cm³/mol. The van der Waals surface area contributed by atoms with E-state index in [9.17, 15) is 24.3 Å². The number of carbonyl (C=O) groups excluding carboxylic acids is 3. The third kappa shape index (κ3) is 6.69. The van der Waals surface area contributed by atoms with Gasteiger partial charge in [0.2, 0.25) is 5.91 Å². The molecule has 0 spiro atoms. The maximum atomic E-state index is 13.9. The third-order valence-corrected chi connectivity index (χ3v) is 8.40. The molecule has 212 valence electrons. The van der Waals surface area contributed by atoms with E-state index < -0.39 is 41.4 Å². The Kier molecular flexibility index (Phi) is 9.10. The molecule has 3 aliphatic carbocycles. The Morgan fingerprint density at radius 2 is 1.74 bits per heavy atom. The number of ketones is 1. The van der Waals surface area contributed by atoms with Gasteiger partial charge in [-0.2, -0.15) is 0 Å². The second-order valence-electron chi connectivity index (χ2n) is 11.5. The van der Waals surface area contributed by atoms with Gasteiger partial charge in [-0.3, -0.25) is 9.59 Å². The van der Waals surface area contributed by atoms with Gasteiger partial charge in [0.25, 0.3) is 0 Å². The molecule has 6 atom stereocenters. The Balaban J connectivity index is 1.49. The van der Waals surface area contributed by atoms with E-state index >= 15 is 0 Å². The zero-order valence-electron chi connectivity index (χ0n) is 22.8. The van der Waals surface area contributed by atoms with Gasteiger partial charge in [-0.1, -0.05) is 50.3 Å². The molecule has 3 aliphatic rings. The van der Waals surface area contributed by atoms with Gasteiger partial charge >= 0.3 is 12.1 Å². The number of Topliss-reactive ketones (excluding diaryl/α,β-unsaturated/α-hetero) is 1. The fourth-order valence-electron chi connectivity index (χ4n) is 5.96. The highest BCUT2D eigenvalue weighted by molar-refractivity contribution is 5.96. The smallest absolute Gasteiger partial charge is 0.408 e. The highest BCUT2D eigenvalue weighted by Crippen LogP contribution is 2.46. The van der Waals surface area contributed by atoms with Crippen LogP contribution in [0.25, 0.3) is 0 Å². The van der Waals surface area contributed by atoms with Crippen LogP contribution in [0.3, 0.4) is 0 Å². The summed E-state index contributed by atoms with van der Waals surface area (Å²) in [6.45, 7) is 7.69. The predicted octanol–water partition coefficient (Wildman–Crippen LogP) is 4.01. The number of nitrogens with one attached hydrogen (secondary N) is 2. The average molecular weight is 541 g/mol. The lowest BCUT2D eigenvalue weighted by Gasteiger charge is -2.27. The molecule has 3 fully saturated rings. The Bertz CT molecular complexity index is 1070. The lowest BCUT2D eigenvalue weighted by atomic mass is 9.84. The quantitative estimate of drug-likeness (QED) is 0.342. The van der Waals surface area contributed by atoms with E-state index in [2.05, 4.69) is 17.2 Å². The third-order valence-electron chi connectivity index (χ3n) is 8.40. The van der Waals surface area contributed by atoms with Gasteiger partial charge in [-0.05, 0) is 56.4 Å². The molecule has 4 rings (SSSR count). The standard InChI is InChI=1S/C30H40N2O7/c1-4-20-16-30(20,28(35)36)32-27(34)24-15-22(38-17-19-10-6-5-7-11-19)14-23(24)26(33)25(18(2)3)31-29(37)39-21-12-8-9-13-21/h4-7,10-11,18,20-25H,1,8-9,12-17H2,2-3H3,(H,31,37)(H,32,34)(H,35,36)/t20?,22-,23?,24+,25-,30+/m0/s1. The number of rotatable bonds is 12. The topological polar surface area (TPSA) is 131 Å². The summed E-state index contributed by atoms with van der Waals surface area (Å²) in [4.78, 5) is 52.0. The molecule has 0 heterocycles. The number of benzene rings is 1. The van der Waals surface area contributed by atoms with E-state index in [1.807, 2.05) is 44.2 Å². The zero-order valence-corrected chi connectivity index (χ0v) is 22.8. The highest BCUT2D eigenvalue weighted by Gasteiger charge is 2.61. The van der Waals surface area contributed by atoms with Gasteiger partial charge in [-0.15, -0.1) is 6.58 Å². The molecular formula is C30H40N2O7. The molecule has 0 radical (unpaired) electrons. The minimum absolute atomic E-state index is 0.141. The second kappa shape index (κ2) is 12.3. The molecule has 1 aromatic carbocycles. The van der Waals surface area contributed by atoms with Crippen LogP contribution in [0.4, 0.5) is 4.79 Å². The van der Waals surface area contributed by atoms with Gasteiger partial charge in [0, 0.05) is 11.8 Å². The van der Waals surface area contributed by atoms with Crippen LogP contribution in [0.2, 0.25) is 0 Å². The summed E-state index contributed by atoms with van der Waals surface area (Å²) in [7, 11) is 0. The molecule has 1 aromatic rings. The summed E-state index contributed by atoms with van der Waals surface area (Å²) in [5, 5.41) is 15.3. The Hall–Kier alpha value is -3.20. The number of carboxylic acids is 1. The Labute approximate surface area is 229 Å². The molecular weight excluding hydrogens is 500 g/mol. The number of alkyl carbamates (subject to hydrolysis) is 1.